The van der Waals surface area contributed by atoms with Crippen molar-refractivity contribution in [3.63, 3.8) is 0 Å². The summed E-state index contributed by atoms with van der Waals surface area (Å²) in [6, 6.07) is 18.4. The molecule has 5 rings (SSSR count). The molecule has 3 heterocycles. The molecule has 1 fully saturated rings. The average Bonchev–Trinajstić information content (AvgIpc) is 3.24. The lowest BCUT2D eigenvalue weighted by molar-refractivity contribution is 0.432. The smallest absolute Gasteiger partial charge is 0.259 e. The van der Waals surface area contributed by atoms with Crippen LogP contribution in [-0.4, -0.2) is 28.2 Å². The van der Waals surface area contributed by atoms with Crippen LogP contribution >= 0.6 is 0 Å². The third-order valence-electron chi connectivity index (χ3n) is 5.74. The zero-order valence-electron chi connectivity index (χ0n) is 16.8. The number of para-hydroxylation sites is 1. The average molecular weight is 384 g/mol. The lowest BCUT2D eigenvalue weighted by Gasteiger charge is -2.31. The predicted molar refractivity (Wildman–Crippen MR) is 116 cm³/mol. The Morgan fingerprint density at radius 1 is 0.966 bits per heavy atom. The van der Waals surface area contributed by atoms with Crippen LogP contribution < -0.4 is 4.90 Å². The van der Waals surface area contributed by atoms with E-state index in [1.165, 1.54) is 18.4 Å². The summed E-state index contributed by atoms with van der Waals surface area (Å²) in [5.74, 6) is 2.91. The number of hydrogen-bond acceptors (Lipinski definition) is 5. The van der Waals surface area contributed by atoms with Gasteiger partial charge in [-0.15, -0.1) is 0 Å². The number of pyridine rings is 1. The number of hydrogen-bond donors (Lipinski definition) is 0. The molecule has 29 heavy (non-hydrogen) atoms. The van der Waals surface area contributed by atoms with Gasteiger partial charge in [-0.3, -0.25) is 0 Å². The van der Waals surface area contributed by atoms with Crippen LogP contribution in [0, 0.1) is 12.8 Å². The summed E-state index contributed by atoms with van der Waals surface area (Å²) in [6.07, 6.45) is 2.39. The molecule has 0 saturated carbocycles. The van der Waals surface area contributed by atoms with Crippen molar-refractivity contribution in [2.45, 2.75) is 26.7 Å². The Morgan fingerprint density at radius 3 is 2.62 bits per heavy atom. The summed E-state index contributed by atoms with van der Waals surface area (Å²) in [4.78, 5) is 12.0. The number of rotatable bonds is 3. The summed E-state index contributed by atoms with van der Waals surface area (Å²) in [5.41, 5.74) is 4.03. The Bertz CT molecular complexity index is 1160. The monoisotopic (exact) mass is 384 g/mol. The van der Waals surface area contributed by atoms with Crippen molar-refractivity contribution in [3.05, 3.63) is 60.2 Å². The fraction of sp³-hybridized carbons (Fsp3) is 0.292. The Balaban J connectivity index is 1.59. The van der Waals surface area contributed by atoms with E-state index in [1.54, 1.807) is 0 Å². The fourth-order valence-corrected chi connectivity index (χ4v) is 3.97. The Hall–Kier alpha value is -3.21. The van der Waals surface area contributed by atoms with E-state index in [9.17, 15) is 0 Å². The summed E-state index contributed by atoms with van der Waals surface area (Å²) in [5, 5.41) is 5.27. The van der Waals surface area contributed by atoms with Crippen molar-refractivity contribution in [2.24, 2.45) is 5.92 Å². The van der Waals surface area contributed by atoms with Crippen LogP contribution in [0.1, 0.15) is 25.3 Å². The quantitative estimate of drug-likeness (QED) is 0.467. The van der Waals surface area contributed by atoms with Gasteiger partial charge in [0, 0.05) is 24.0 Å². The van der Waals surface area contributed by atoms with E-state index in [2.05, 4.69) is 48.2 Å². The molecular formula is C24H24N4O. The number of aromatic nitrogens is 3. The molecule has 146 valence electrons. The van der Waals surface area contributed by atoms with Gasteiger partial charge < -0.3 is 9.42 Å². The minimum absolute atomic E-state index is 0.534. The molecule has 2 aromatic heterocycles. The molecule has 1 aliphatic rings. The SMILES string of the molecule is Cc1cccc(-c2noc(-c3cc(N4CCC(C)CC4)nc4ccccc34)n2)c1. The highest BCUT2D eigenvalue weighted by atomic mass is 16.5. The van der Waals surface area contributed by atoms with Crippen molar-refractivity contribution < 1.29 is 4.52 Å². The molecule has 5 nitrogen and oxygen atoms in total. The number of aryl methyl sites for hydroxylation is 1. The van der Waals surface area contributed by atoms with Crippen LogP contribution in [0.5, 0.6) is 0 Å². The van der Waals surface area contributed by atoms with E-state index >= 15 is 0 Å². The van der Waals surface area contributed by atoms with Crippen LogP contribution in [0.2, 0.25) is 0 Å². The van der Waals surface area contributed by atoms with Gasteiger partial charge in [-0.2, -0.15) is 4.98 Å². The molecule has 0 unspecified atom stereocenters. The number of anilines is 1. The molecule has 0 spiro atoms. The maximum absolute atomic E-state index is 5.71. The molecule has 0 radical (unpaired) electrons. The zero-order chi connectivity index (χ0) is 19.8. The molecule has 5 heteroatoms. The van der Waals surface area contributed by atoms with Crippen LogP contribution in [0.25, 0.3) is 33.7 Å². The van der Waals surface area contributed by atoms with Gasteiger partial charge in [0.2, 0.25) is 5.82 Å². The highest BCUT2D eigenvalue weighted by molar-refractivity contribution is 5.94. The summed E-state index contributed by atoms with van der Waals surface area (Å²) >= 11 is 0. The highest BCUT2D eigenvalue weighted by Gasteiger charge is 2.21. The largest absolute Gasteiger partial charge is 0.357 e. The van der Waals surface area contributed by atoms with Gasteiger partial charge in [0.15, 0.2) is 0 Å². The van der Waals surface area contributed by atoms with Gasteiger partial charge >= 0.3 is 0 Å². The molecule has 0 amide bonds. The number of fused-ring (bicyclic) bond motifs is 1. The molecule has 0 bridgehead atoms. The Morgan fingerprint density at radius 2 is 1.79 bits per heavy atom. The van der Waals surface area contributed by atoms with Gasteiger partial charge in [0.25, 0.3) is 5.89 Å². The Kier molecular flexibility index (Phi) is 4.51. The molecule has 1 aliphatic heterocycles. The zero-order valence-corrected chi connectivity index (χ0v) is 16.8. The van der Waals surface area contributed by atoms with E-state index in [0.717, 1.165) is 46.9 Å². The maximum atomic E-state index is 5.71. The highest BCUT2D eigenvalue weighted by Crippen LogP contribution is 2.33. The molecule has 0 aliphatic carbocycles. The van der Waals surface area contributed by atoms with Gasteiger partial charge in [-0.25, -0.2) is 4.98 Å². The predicted octanol–water partition coefficient (Wildman–Crippen LogP) is 5.50. The minimum Gasteiger partial charge on any atom is -0.357 e. The molecule has 1 saturated heterocycles. The summed E-state index contributed by atoms with van der Waals surface area (Å²) < 4.78 is 5.71. The van der Waals surface area contributed by atoms with Gasteiger partial charge in [-0.05, 0) is 43.9 Å². The topological polar surface area (TPSA) is 55.1 Å². The molecule has 2 aromatic carbocycles. The molecular weight excluding hydrogens is 360 g/mol. The first-order chi connectivity index (χ1) is 14.2. The van der Waals surface area contributed by atoms with Crippen molar-refractivity contribution in [1.82, 2.24) is 15.1 Å². The lowest BCUT2D eigenvalue weighted by Crippen LogP contribution is -2.33. The fourth-order valence-electron chi connectivity index (χ4n) is 3.97. The summed E-state index contributed by atoms with van der Waals surface area (Å²) in [6.45, 7) is 6.45. The van der Waals surface area contributed by atoms with E-state index in [-0.39, 0.29) is 0 Å². The van der Waals surface area contributed by atoms with Crippen molar-refractivity contribution in [1.29, 1.82) is 0 Å². The third kappa shape index (κ3) is 3.48. The molecule has 0 atom stereocenters. The van der Waals surface area contributed by atoms with Crippen molar-refractivity contribution in [2.75, 3.05) is 18.0 Å². The normalized spacial score (nSPS) is 15.2. The van der Waals surface area contributed by atoms with E-state index in [0.29, 0.717) is 11.7 Å². The maximum Gasteiger partial charge on any atom is 0.259 e. The standard InChI is InChI=1S/C24H24N4O/c1-16-10-12-28(13-11-16)22-15-20(19-8-3-4-9-21(19)25-22)24-26-23(27-29-24)18-7-5-6-17(2)14-18/h3-9,14-16H,10-13H2,1-2H3. The second kappa shape index (κ2) is 7.32. The van der Waals surface area contributed by atoms with Gasteiger partial charge in [-0.1, -0.05) is 54.0 Å². The number of nitrogens with zero attached hydrogens (tertiary/aromatic N) is 4. The first kappa shape index (κ1) is 17.9. The second-order valence-electron chi connectivity index (χ2n) is 8.01. The van der Waals surface area contributed by atoms with E-state index < -0.39 is 0 Å². The van der Waals surface area contributed by atoms with Crippen LogP contribution in [0.3, 0.4) is 0 Å². The van der Waals surface area contributed by atoms with Crippen LogP contribution in [-0.2, 0) is 0 Å². The lowest BCUT2D eigenvalue weighted by atomic mass is 9.99. The third-order valence-corrected chi connectivity index (χ3v) is 5.74. The van der Waals surface area contributed by atoms with Crippen molar-refractivity contribution in [3.8, 4) is 22.8 Å². The number of piperidine rings is 1. The van der Waals surface area contributed by atoms with Crippen LogP contribution in [0.4, 0.5) is 5.82 Å². The van der Waals surface area contributed by atoms with Crippen molar-refractivity contribution >= 4 is 16.7 Å². The Labute approximate surface area is 170 Å². The molecule has 0 N–H and O–H groups in total. The first-order valence-electron chi connectivity index (χ1n) is 10.2. The number of benzene rings is 2. The van der Waals surface area contributed by atoms with Crippen LogP contribution in [0.15, 0.2) is 59.1 Å². The van der Waals surface area contributed by atoms with E-state index in [1.807, 2.05) is 30.3 Å². The molecule has 4 aromatic rings. The van der Waals surface area contributed by atoms with Gasteiger partial charge in [0.05, 0.1) is 11.1 Å². The first-order valence-corrected chi connectivity index (χ1v) is 10.2. The summed E-state index contributed by atoms with van der Waals surface area (Å²) in [7, 11) is 0. The second-order valence-corrected chi connectivity index (χ2v) is 8.01. The van der Waals surface area contributed by atoms with Gasteiger partial charge in [0.1, 0.15) is 5.82 Å². The minimum atomic E-state index is 0.534. The van der Waals surface area contributed by atoms with E-state index in [4.69, 9.17) is 14.5 Å².